The van der Waals surface area contributed by atoms with Crippen molar-refractivity contribution in [1.82, 2.24) is 0 Å². The minimum absolute atomic E-state index is 0.00773. The van der Waals surface area contributed by atoms with Gasteiger partial charge < -0.3 is 0 Å². The minimum atomic E-state index is -0.436. The Bertz CT molecular complexity index is 831. The second kappa shape index (κ2) is 7.24. The van der Waals surface area contributed by atoms with Gasteiger partial charge in [0.25, 0.3) is 0 Å². The van der Waals surface area contributed by atoms with Gasteiger partial charge in [-0.15, -0.1) is 4.57 Å². The normalized spacial score (nSPS) is 24.3. The second-order valence-electron chi connectivity index (χ2n) is 8.03. The van der Waals surface area contributed by atoms with Crippen LogP contribution < -0.4 is 10.0 Å². The molecule has 3 unspecified atom stereocenters. The Hall–Kier alpha value is -1.53. The highest BCUT2D eigenvalue weighted by molar-refractivity contribution is 7.33. The van der Waals surface area contributed by atoms with Gasteiger partial charge in [-0.2, -0.15) is 0 Å². The highest BCUT2D eigenvalue weighted by Crippen LogP contribution is 2.49. The molecule has 0 bridgehead atoms. The SMILES string of the molecule is CCCCc1ccc2c(c1)-c1cccc([PH+]=O)[n+]1C(C)(CC)C2(C)CC. The van der Waals surface area contributed by atoms with Crippen LogP contribution in [0.25, 0.3) is 11.3 Å². The highest BCUT2D eigenvalue weighted by Gasteiger charge is 2.58. The van der Waals surface area contributed by atoms with E-state index in [2.05, 4.69) is 69.5 Å². The lowest BCUT2D eigenvalue weighted by Gasteiger charge is -2.45. The molecule has 0 fully saturated rings. The van der Waals surface area contributed by atoms with Crippen molar-refractivity contribution in [3.63, 3.8) is 0 Å². The molecule has 26 heavy (non-hydrogen) atoms. The van der Waals surface area contributed by atoms with Gasteiger partial charge in [-0.3, -0.25) is 0 Å². The number of rotatable bonds is 6. The predicted octanol–water partition coefficient (Wildman–Crippen LogP) is 5.44. The summed E-state index contributed by atoms with van der Waals surface area (Å²) in [6.45, 7) is 11.5. The fourth-order valence-electron chi connectivity index (χ4n) is 4.81. The number of nitrogens with zero attached hydrogens (tertiary/aromatic N) is 1. The summed E-state index contributed by atoms with van der Waals surface area (Å²) in [5, 5.41) is 0. The summed E-state index contributed by atoms with van der Waals surface area (Å²) in [6, 6.07) is 13.4. The molecule has 0 aliphatic carbocycles. The van der Waals surface area contributed by atoms with Crippen LogP contribution in [0.4, 0.5) is 0 Å². The molecule has 2 aromatic rings. The van der Waals surface area contributed by atoms with Crippen molar-refractivity contribution in [1.29, 1.82) is 0 Å². The zero-order valence-electron chi connectivity index (χ0n) is 16.9. The zero-order chi connectivity index (χ0) is 18.9. The van der Waals surface area contributed by atoms with Crippen LogP contribution in [-0.4, -0.2) is 0 Å². The topological polar surface area (TPSA) is 20.9 Å². The first-order chi connectivity index (χ1) is 12.5. The predicted molar refractivity (Wildman–Crippen MR) is 111 cm³/mol. The number of unbranched alkanes of at least 4 members (excludes halogenated alkanes) is 1. The Kier molecular flexibility index (Phi) is 5.35. The quantitative estimate of drug-likeness (QED) is 0.491. The molecule has 0 spiro atoms. The maximum absolute atomic E-state index is 12.0. The van der Waals surface area contributed by atoms with Crippen molar-refractivity contribution >= 4 is 13.9 Å². The summed E-state index contributed by atoms with van der Waals surface area (Å²) in [5.74, 6) is 0. The fourth-order valence-corrected chi connectivity index (χ4v) is 5.43. The van der Waals surface area contributed by atoms with Gasteiger partial charge in [0.2, 0.25) is 5.69 Å². The maximum Gasteiger partial charge on any atom is 0.432 e. The van der Waals surface area contributed by atoms with Crippen LogP contribution >= 0.6 is 8.46 Å². The Morgan fingerprint density at radius 1 is 1.04 bits per heavy atom. The van der Waals surface area contributed by atoms with Crippen molar-refractivity contribution in [3.8, 4) is 11.3 Å². The fraction of sp³-hybridized carbons (Fsp3) is 0.522. The minimum Gasteiger partial charge on any atom is -0.147 e. The van der Waals surface area contributed by atoms with Crippen LogP contribution in [0.5, 0.6) is 0 Å². The van der Waals surface area contributed by atoms with Crippen LogP contribution in [0.15, 0.2) is 36.4 Å². The van der Waals surface area contributed by atoms with Crippen molar-refractivity contribution in [3.05, 3.63) is 47.5 Å². The standard InChI is InChI=1S/C23H31NOP/c1-6-9-11-17-14-15-19-18(16-17)20-12-10-13-21(26-25)24(20)23(5,8-3)22(19,4)7-2/h10,12-16H,6-9,11H2,1-5H3/q+1/p+1. The molecule has 3 atom stereocenters. The third kappa shape index (κ3) is 2.65. The van der Waals surface area contributed by atoms with E-state index >= 15 is 0 Å². The molecular weight excluding hydrogens is 337 g/mol. The van der Waals surface area contributed by atoms with Crippen molar-refractivity contribution in [2.24, 2.45) is 0 Å². The summed E-state index contributed by atoms with van der Waals surface area (Å²) in [5.41, 5.74) is 6.23. The van der Waals surface area contributed by atoms with Gasteiger partial charge in [0.05, 0.1) is 17.0 Å². The van der Waals surface area contributed by atoms with E-state index in [0.717, 1.165) is 24.7 Å². The first-order valence-electron chi connectivity index (χ1n) is 10.0. The molecule has 3 rings (SSSR count). The third-order valence-electron chi connectivity index (χ3n) is 6.95. The van der Waals surface area contributed by atoms with E-state index in [1.54, 1.807) is 0 Å². The molecule has 0 saturated carbocycles. The number of hydrogen-bond acceptors (Lipinski definition) is 1. The molecule has 0 N–H and O–H groups in total. The van der Waals surface area contributed by atoms with Gasteiger partial charge in [-0.1, -0.05) is 43.9 Å². The summed E-state index contributed by atoms with van der Waals surface area (Å²) in [6.07, 6.45) is 5.62. The largest absolute Gasteiger partial charge is 0.432 e. The highest BCUT2D eigenvalue weighted by atomic mass is 31.1. The molecule has 0 radical (unpaired) electrons. The molecular formula is C23H32NOP+2. The van der Waals surface area contributed by atoms with Crippen molar-refractivity contribution in [2.75, 3.05) is 0 Å². The average molecular weight is 369 g/mol. The Morgan fingerprint density at radius 2 is 1.81 bits per heavy atom. The molecule has 1 aliphatic heterocycles. The van der Waals surface area contributed by atoms with Crippen LogP contribution in [0.2, 0.25) is 0 Å². The Balaban J connectivity index is 2.35. The van der Waals surface area contributed by atoms with Gasteiger partial charge in [-0.25, -0.2) is 0 Å². The van der Waals surface area contributed by atoms with Crippen molar-refractivity contribution in [2.45, 2.75) is 77.7 Å². The molecule has 2 heterocycles. The number of benzene rings is 1. The van der Waals surface area contributed by atoms with Gasteiger partial charge in [0.1, 0.15) is 0 Å². The molecule has 138 valence electrons. The van der Waals surface area contributed by atoms with E-state index in [1.807, 2.05) is 6.07 Å². The molecule has 2 nitrogen and oxygen atoms in total. The number of pyridine rings is 1. The molecule has 1 aromatic carbocycles. The van der Waals surface area contributed by atoms with E-state index < -0.39 is 8.46 Å². The average Bonchev–Trinajstić information content (AvgIpc) is 2.69. The van der Waals surface area contributed by atoms with Crippen LogP contribution in [0, 0.1) is 0 Å². The van der Waals surface area contributed by atoms with E-state index in [4.69, 9.17) is 0 Å². The Morgan fingerprint density at radius 3 is 2.42 bits per heavy atom. The maximum atomic E-state index is 12.0. The van der Waals surface area contributed by atoms with Gasteiger partial charge in [0, 0.05) is 19.4 Å². The summed E-state index contributed by atoms with van der Waals surface area (Å²) < 4.78 is 14.4. The van der Waals surface area contributed by atoms with E-state index in [9.17, 15) is 4.57 Å². The first-order valence-corrected chi connectivity index (χ1v) is 10.9. The number of aromatic nitrogens is 1. The van der Waals surface area contributed by atoms with Crippen LogP contribution in [0.3, 0.4) is 0 Å². The molecule has 0 amide bonds. The third-order valence-corrected chi connectivity index (χ3v) is 7.55. The number of aryl methyl sites for hydroxylation is 1. The van der Waals surface area contributed by atoms with Gasteiger partial charge >= 0.3 is 13.9 Å². The lowest BCUT2D eigenvalue weighted by molar-refractivity contribution is -0.749. The first kappa shape index (κ1) is 19.2. The summed E-state index contributed by atoms with van der Waals surface area (Å²) in [4.78, 5) is 0. The van der Waals surface area contributed by atoms with E-state index in [0.29, 0.717) is 0 Å². The van der Waals surface area contributed by atoms with E-state index in [1.165, 1.54) is 35.2 Å². The van der Waals surface area contributed by atoms with Gasteiger partial charge in [-0.05, 0) is 49.4 Å². The summed E-state index contributed by atoms with van der Waals surface area (Å²) >= 11 is 0. The Labute approximate surface area is 159 Å². The molecule has 0 saturated heterocycles. The van der Waals surface area contributed by atoms with Crippen LogP contribution in [-0.2, 0) is 21.9 Å². The summed E-state index contributed by atoms with van der Waals surface area (Å²) in [7, 11) is -0.436. The van der Waals surface area contributed by atoms with Crippen LogP contribution in [0.1, 0.15) is 71.4 Å². The molecule has 3 heteroatoms. The number of hydrogen-bond donors (Lipinski definition) is 0. The molecule has 1 aromatic heterocycles. The van der Waals surface area contributed by atoms with Crippen molar-refractivity contribution < 1.29 is 9.13 Å². The number of fused-ring (bicyclic) bond motifs is 3. The lowest BCUT2D eigenvalue weighted by Crippen LogP contribution is -2.72. The zero-order valence-corrected chi connectivity index (χ0v) is 17.9. The second-order valence-corrected chi connectivity index (χ2v) is 8.75. The monoisotopic (exact) mass is 369 g/mol. The van der Waals surface area contributed by atoms with Gasteiger partial charge in [0.15, 0.2) is 5.54 Å². The molecule has 1 aliphatic rings. The smallest absolute Gasteiger partial charge is 0.147 e. The lowest BCUT2D eigenvalue weighted by atomic mass is 9.60. The van der Waals surface area contributed by atoms with E-state index in [-0.39, 0.29) is 11.0 Å².